The predicted molar refractivity (Wildman–Crippen MR) is 115 cm³/mol. The van der Waals surface area contributed by atoms with Crippen LogP contribution in [0.15, 0.2) is 47.0 Å². The lowest BCUT2D eigenvalue weighted by Crippen LogP contribution is -2.38. The summed E-state index contributed by atoms with van der Waals surface area (Å²) in [5.74, 6) is 0.979. The van der Waals surface area contributed by atoms with E-state index in [0.29, 0.717) is 33.5 Å². The molecule has 0 unspecified atom stereocenters. The molecule has 3 amide bonds. The fourth-order valence-electron chi connectivity index (χ4n) is 3.05. The molecular formula is C21H20ClN5O4. The van der Waals surface area contributed by atoms with Gasteiger partial charge in [-0.1, -0.05) is 16.8 Å². The Kier molecular flexibility index (Phi) is 5.77. The maximum Gasteiger partial charge on any atom is 0.319 e. The van der Waals surface area contributed by atoms with Crippen molar-refractivity contribution in [1.82, 2.24) is 15.5 Å². The van der Waals surface area contributed by atoms with Crippen molar-refractivity contribution in [2.24, 2.45) is 0 Å². The summed E-state index contributed by atoms with van der Waals surface area (Å²) < 4.78 is 10.8. The molecule has 0 fully saturated rings. The zero-order chi connectivity index (χ0) is 22.0. The first-order chi connectivity index (χ1) is 14.9. The molecule has 0 spiro atoms. The van der Waals surface area contributed by atoms with Gasteiger partial charge in [0.1, 0.15) is 12.3 Å². The molecule has 2 N–H and O–H groups in total. The van der Waals surface area contributed by atoms with Crippen molar-refractivity contribution in [3.05, 3.63) is 53.4 Å². The van der Waals surface area contributed by atoms with Crippen LogP contribution < -0.4 is 20.3 Å². The van der Waals surface area contributed by atoms with Gasteiger partial charge in [0.15, 0.2) is 6.61 Å². The summed E-state index contributed by atoms with van der Waals surface area (Å²) in [5.41, 5.74) is 1.90. The number of aromatic nitrogens is 2. The molecule has 160 valence electrons. The van der Waals surface area contributed by atoms with Gasteiger partial charge >= 0.3 is 6.03 Å². The Morgan fingerprint density at radius 3 is 2.74 bits per heavy atom. The minimum Gasteiger partial charge on any atom is -0.482 e. The first-order valence-electron chi connectivity index (χ1n) is 9.62. The van der Waals surface area contributed by atoms with Crippen molar-refractivity contribution < 1.29 is 18.8 Å². The summed E-state index contributed by atoms with van der Waals surface area (Å²) in [6, 6.07) is 11.9. The highest BCUT2D eigenvalue weighted by molar-refractivity contribution is 6.31. The number of benzene rings is 2. The zero-order valence-electron chi connectivity index (χ0n) is 16.9. The van der Waals surface area contributed by atoms with Gasteiger partial charge in [-0.05, 0) is 56.3 Å². The fourth-order valence-corrected chi connectivity index (χ4v) is 3.22. The Morgan fingerprint density at radius 1 is 1.23 bits per heavy atom. The third-order valence-corrected chi connectivity index (χ3v) is 4.68. The summed E-state index contributed by atoms with van der Waals surface area (Å²) in [4.78, 5) is 30.1. The van der Waals surface area contributed by atoms with Gasteiger partial charge in [0, 0.05) is 22.3 Å². The van der Waals surface area contributed by atoms with E-state index in [0.717, 1.165) is 0 Å². The highest BCUT2D eigenvalue weighted by Gasteiger charge is 2.27. The molecule has 31 heavy (non-hydrogen) atoms. The SMILES string of the molecule is CC(C)NC(=O)Nc1ccc(-c2noc(CN3C(=O)COc4ccc(Cl)cc43)n2)cc1. The largest absolute Gasteiger partial charge is 0.482 e. The molecule has 0 saturated carbocycles. The van der Waals surface area contributed by atoms with Crippen LogP contribution in [0.1, 0.15) is 19.7 Å². The molecule has 2 heterocycles. The van der Waals surface area contributed by atoms with E-state index in [1.165, 1.54) is 4.90 Å². The van der Waals surface area contributed by atoms with Crippen molar-refractivity contribution in [1.29, 1.82) is 0 Å². The average Bonchev–Trinajstić information content (AvgIpc) is 3.19. The number of nitrogens with one attached hydrogen (secondary N) is 2. The van der Waals surface area contributed by atoms with Crippen LogP contribution in [0.2, 0.25) is 5.02 Å². The second kappa shape index (κ2) is 8.65. The molecule has 0 saturated heterocycles. The van der Waals surface area contributed by atoms with E-state index < -0.39 is 0 Å². The van der Waals surface area contributed by atoms with Gasteiger partial charge in [0.25, 0.3) is 5.91 Å². The Labute approximate surface area is 183 Å². The molecule has 3 aromatic rings. The Bertz CT molecular complexity index is 1110. The molecule has 1 aromatic heterocycles. The fraction of sp³-hybridized carbons (Fsp3) is 0.238. The lowest BCUT2D eigenvalue weighted by Gasteiger charge is -2.28. The number of rotatable bonds is 5. The summed E-state index contributed by atoms with van der Waals surface area (Å²) in [6.45, 7) is 3.79. The summed E-state index contributed by atoms with van der Waals surface area (Å²) in [6.07, 6.45) is 0. The predicted octanol–water partition coefficient (Wildman–Crippen LogP) is 3.85. The minimum absolute atomic E-state index is 0.0402. The number of anilines is 2. The molecule has 10 heteroatoms. The number of hydrogen-bond acceptors (Lipinski definition) is 6. The summed E-state index contributed by atoms with van der Waals surface area (Å²) in [5, 5.41) is 9.99. The number of carbonyl (C=O) groups is 2. The number of carbonyl (C=O) groups excluding carboxylic acids is 2. The lowest BCUT2D eigenvalue weighted by molar-refractivity contribution is -0.121. The minimum atomic E-state index is -0.278. The number of amides is 3. The summed E-state index contributed by atoms with van der Waals surface area (Å²) >= 11 is 6.07. The number of halogens is 1. The van der Waals surface area contributed by atoms with Crippen molar-refractivity contribution in [3.8, 4) is 17.1 Å². The first kappa shape index (κ1) is 20.7. The standard InChI is InChI=1S/C21H20ClN5O4/c1-12(2)23-21(29)24-15-6-3-13(4-7-15)20-25-18(31-26-20)10-27-16-9-14(22)5-8-17(16)30-11-19(27)28/h3-9,12H,10-11H2,1-2H3,(H2,23,24,29). The maximum absolute atomic E-state index is 12.4. The van der Waals surface area contributed by atoms with Crippen LogP contribution in [0.4, 0.5) is 16.2 Å². The van der Waals surface area contributed by atoms with E-state index >= 15 is 0 Å². The summed E-state index contributed by atoms with van der Waals surface area (Å²) in [7, 11) is 0. The zero-order valence-corrected chi connectivity index (χ0v) is 17.6. The van der Waals surface area contributed by atoms with Crippen LogP contribution in [-0.4, -0.2) is 34.7 Å². The van der Waals surface area contributed by atoms with Gasteiger partial charge in [-0.3, -0.25) is 9.69 Å². The van der Waals surface area contributed by atoms with E-state index in [9.17, 15) is 9.59 Å². The number of ether oxygens (including phenoxy) is 1. The highest BCUT2D eigenvalue weighted by atomic mass is 35.5. The molecule has 0 aliphatic carbocycles. The second-order valence-corrected chi connectivity index (χ2v) is 7.66. The maximum atomic E-state index is 12.4. The smallest absolute Gasteiger partial charge is 0.319 e. The Balaban J connectivity index is 1.47. The van der Waals surface area contributed by atoms with E-state index in [4.69, 9.17) is 20.9 Å². The third kappa shape index (κ3) is 4.77. The number of urea groups is 1. The van der Waals surface area contributed by atoms with Crippen molar-refractivity contribution >= 4 is 34.9 Å². The van der Waals surface area contributed by atoms with Gasteiger partial charge in [0.05, 0.1) is 5.69 Å². The van der Waals surface area contributed by atoms with Gasteiger partial charge in [-0.15, -0.1) is 0 Å². The van der Waals surface area contributed by atoms with E-state index in [2.05, 4.69) is 20.8 Å². The average molecular weight is 442 g/mol. The van der Waals surface area contributed by atoms with Crippen molar-refractivity contribution in [2.45, 2.75) is 26.4 Å². The molecule has 2 aromatic carbocycles. The molecule has 4 rings (SSSR count). The lowest BCUT2D eigenvalue weighted by atomic mass is 10.2. The van der Waals surface area contributed by atoms with Crippen LogP contribution in [0, 0.1) is 0 Å². The third-order valence-electron chi connectivity index (χ3n) is 4.45. The van der Waals surface area contributed by atoms with Crippen LogP contribution >= 0.6 is 11.6 Å². The Morgan fingerprint density at radius 2 is 2.00 bits per heavy atom. The molecule has 0 radical (unpaired) electrons. The van der Waals surface area contributed by atoms with Crippen molar-refractivity contribution in [3.63, 3.8) is 0 Å². The second-order valence-electron chi connectivity index (χ2n) is 7.22. The monoisotopic (exact) mass is 441 g/mol. The molecule has 9 nitrogen and oxygen atoms in total. The number of fused-ring (bicyclic) bond motifs is 1. The van der Waals surface area contributed by atoms with Gasteiger partial charge in [0.2, 0.25) is 11.7 Å². The highest BCUT2D eigenvalue weighted by Crippen LogP contribution is 2.35. The van der Waals surface area contributed by atoms with Gasteiger partial charge in [-0.2, -0.15) is 4.98 Å². The van der Waals surface area contributed by atoms with E-state index in [1.54, 1.807) is 42.5 Å². The van der Waals surface area contributed by atoms with E-state index in [1.807, 2.05) is 13.8 Å². The van der Waals surface area contributed by atoms with Crippen LogP contribution in [-0.2, 0) is 11.3 Å². The first-order valence-corrected chi connectivity index (χ1v) is 10.00. The Hall–Kier alpha value is -3.59. The van der Waals surface area contributed by atoms with Gasteiger partial charge < -0.3 is 19.9 Å². The number of hydrogen-bond donors (Lipinski definition) is 2. The molecular weight excluding hydrogens is 422 g/mol. The quantitative estimate of drug-likeness (QED) is 0.622. The van der Waals surface area contributed by atoms with Gasteiger partial charge in [-0.25, -0.2) is 4.79 Å². The molecule has 0 bridgehead atoms. The van der Waals surface area contributed by atoms with Crippen LogP contribution in [0.25, 0.3) is 11.4 Å². The van der Waals surface area contributed by atoms with Crippen LogP contribution in [0.5, 0.6) is 5.75 Å². The molecule has 1 aliphatic rings. The van der Waals surface area contributed by atoms with Crippen molar-refractivity contribution in [2.75, 3.05) is 16.8 Å². The molecule has 1 aliphatic heterocycles. The number of nitrogens with zero attached hydrogens (tertiary/aromatic N) is 3. The van der Waals surface area contributed by atoms with Crippen LogP contribution in [0.3, 0.4) is 0 Å². The molecule has 0 atom stereocenters. The van der Waals surface area contributed by atoms with E-state index in [-0.39, 0.29) is 37.0 Å². The topological polar surface area (TPSA) is 110 Å². The normalized spacial score (nSPS) is 13.0.